The largest absolute Gasteiger partial charge is 0.354 e. The van der Waals surface area contributed by atoms with Gasteiger partial charge in [0.25, 0.3) is 5.91 Å². The molecule has 2 aromatic carbocycles. The van der Waals surface area contributed by atoms with Gasteiger partial charge in [0.15, 0.2) is 5.16 Å². The van der Waals surface area contributed by atoms with Crippen LogP contribution in [0.4, 0.5) is 4.39 Å². The molecule has 0 saturated carbocycles. The predicted octanol–water partition coefficient (Wildman–Crippen LogP) is 2.32. The van der Waals surface area contributed by atoms with Gasteiger partial charge in [0, 0.05) is 24.4 Å². The number of hydrogen-bond acceptors (Lipinski definition) is 5. The second-order valence-corrected chi connectivity index (χ2v) is 7.11. The molecule has 0 atom stereocenters. The third kappa shape index (κ3) is 6.42. The number of carbonyl (C=O) groups excluding carboxylic acids is 2. The SMILES string of the molecule is O=C(Cc1cccc(F)c1)NCCNC(=O)c1ccccc1CSc1ncn[nH]1. The van der Waals surface area contributed by atoms with Crippen molar-refractivity contribution in [1.29, 1.82) is 0 Å². The molecule has 1 aromatic heterocycles. The predicted molar refractivity (Wildman–Crippen MR) is 108 cm³/mol. The number of carbonyl (C=O) groups is 2. The number of halogens is 1. The highest BCUT2D eigenvalue weighted by atomic mass is 32.2. The molecule has 7 nitrogen and oxygen atoms in total. The fourth-order valence-electron chi connectivity index (χ4n) is 2.65. The van der Waals surface area contributed by atoms with Gasteiger partial charge >= 0.3 is 0 Å². The van der Waals surface area contributed by atoms with Gasteiger partial charge < -0.3 is 10.6 Å². The van der Waals surface area contributed by atoms with Crippen LogP contribution in [0.25, 0.3) is 0 Å². The van der Waals surface area contributed by atoms with Crippen LogP contribution in [0.5, 0.6) is 0 Å². The third-order valence-electron chi connectivity index (χ3n) is 4.01. The van der Waals surface area contributed by atoms with Crippen LogP contribution in [-0.4, -0.2) is 40.1 Å². The molecule has 3 rings (SSSR count). The fourth-order valence-corrected chi connectivity index (χ4v) is 3.43. The van der Waals surface area contributed by atoms with Crippen LogP contribution in [0, 0.1) is 5.82 Å². The number of nitrogens with zero attached hydrogens (tertiary/aromatic N) is 2. The molecule has 0 bridgehead atoms. The Balaban J connectivity index is 1.44. The molecule has 0 spiro atoms. The number of aromatic nitrogens is 3. The van der Waals surface area contributed by atoms with Gasteiger partial charge in [0.1, 0.15) is 12.1 Å². The average Bonchev–Trinajstić information content (AvgIpc) is 3.23. The van der Waals surface area contributed by atoms with E-state index in [4.69, 9.17) is 0 Å². The lowest BCUT2D eigenvalue weighted by Crippen LogP contribution is -2.35. The normalized spacial score (nSPS) is 10.5. The van der Waals surface area contributed by atoms with Gasteiger partial charge in [-0.1, -0.05) is 42.1 Å². The minimum absolute atomic E-state index is 0.0907. The number of nitrogens with one attached hydrogen (secondary N) is 3. The third-order valence-corrected chi connectivity index (χ3v) is 4.93. The number of aromatic amines is 1. The number of hydrogen-bond donors (Lipinski definition) is 3. The lowest BCUT2D eigenvalue weighted by Gasteiger charge is -2.10. The molecule has 9 heteroatoms. The van der Waals surface area contributed by atoms with Crippen LogP contribution in [0.2, 0.25) is 0 Å². The van der Waals surface area contributed by atoms with Crippen molar-refractivity contribution in [1.82, 2.24) is 25.8 Å². The number of thioether (sulfide) groups is 1. The Morgan fingerprint density at radius 1 is 1.07 bits per heavy atom. The van der Waals surface area contributed by atoms with Crippen LogP contribution < -0.4 is 10.6 Å². The summed E-state index contributed by atoms with van der Waals surface area (Å²) in [5.41, 5.74) is 2.05. The van der Waals surface area contributed by atoms with E-state index in [9.17, 15) is 14.0 Å². The molecule has 0 saturated heterocycles. The summed E-state index contributed by atoms with van der Waals surface area (Å²) in [7, 11) is 0. The van der Waals surface area contributed by atoms with Gasteiger partial charge in [-0.25, -0.2) is 9.37 Å². The molecule has 1 heterocycles. The number of amides is 2. The van der Waals surface area contributed by atoms with Crippen molar-refractivity contribution in [3.05, 3.63) is 77.4 Å². The standard InChI is InChI=1S/C20H20FN5O2S/c21-16-6-3-4-14(10-16)11-18(27)22-8-9-23-19(28)17-7-2-1-5-15(17)12-29-20-24-13-25-26-20/h1-7,10,13H,8-9,11-12H2,(H,22,27)(H,23,28)(H,24,25,26). The van der Waals surface area contributed by atoms with E-state index in [1.54, 1.807) is 24.3 Å². The molecule has 0 aliphatic carbocycles. The van der Waals surface area contributed by atoms with Gasteiger partial charge in [-0.15, -0.1) is 0 Å². The van der Waals surface area contributed by atoms with Gasteiger partial charge in [-0.05, 0) is 29.3 Å². The van der Waals surface area contributed by atoms with E-state index in [1.165, 1.54) is 30.2 Å². The maximum absolute atomic E-state index is 13.2. The highest BCUT2D eigenvalue weighted by Gasteiger charge is 2.11. The van der Waals surface area contributed by atoms with Crippen LogP contribution in [0.3, 0.4) is 0 Å². The van der Waals surface area contributed by atoms with Crippen molar-refractivity contribution < 1.29 is 14.0 Å². The first-order valence-corrected chi connectivity index (χ1v) is 9.96. The first-order valence-electron chi connectivity index (χ1n) is 8.97. The minimum Gasteiger partial charge on any atom is -0.354 e. The number of rotatable bonds is 9. The van der Waals surface area contributed by atoms with E-state index >= 15 is 0 Å². The van der Waals surface area contributed by atoms with Crippen LogP contribution >= 0.6 is 11.8 Å². The van der Waals surface area contributed by atoms with E-state index in [-0.39, 0.29) is 37.1 Å². The molecule has 2 amide bonds. The molecule has 150 valence electrons. The fraction of sp³-hybridized carbons (Fsp3) is 0.200. The molecule has 3 N–H and O–H groups in total. The highest BCUT2D eigenvalue weighted by molar-refractivity contribution is 7.98. The summed E-state index contributed by atoms with van der Waals surface area (Å²) in [6, 6.07) is 13.2. The van der Waals surface area contributed by atoms with E-state index in [2.05, 4.69) is 25.8 Å². The van der Waals surface area contributed by atoms with E-state index in [0.717, 1.165) is 5.56 Å². The van der Waals surface area contributed by atoms with E-state index in [0.29, 0.717) is 22.0 Å². The molecular weight excluding hydrogens is 393 g/mol. The van der Waals surface area contributed by atoms with Crippen LogP contribution in [0.1, 0.15) is 21.5 Å². The van der Waals surface area contributed by atoms with Crippen molar-refractivity contribution in [3.8, 4) is 0 Å². The van der Waals surface area contributed by atoms with Crippen molar-refractivity contribution in [2.45, 2.75) is 17.3 Å². The first kappa shape index (κ1) is 20.5. The van der Waals surface area contributed by atoms with Gasteiger partial charge in [0.05, 0.1) is 6.42 Å². The van der Waals surface area contributed by atoms with Crippen molar-refractivity contribution in [2.75, 3.05) is 13.1 Å². The smallest absolute Gasteiger partial charge is 0.251 e. The van der Waals surface area contributed by atoms with Gasteiger partial charge in [-0.3, -0.25) is 14.7 Å². The quantitative estimate of drug-likeness (QED) is 0.369. The zero-order valence-corrected chi connectivity index (χ0v) is 16.3. The summed E-state index contributed by atoms with van der Waals surface area (Å²) in [5, 5.41) is 12.8. The molecule has 0 fully saturated rings. The topological polar surface area (TPSA) is 99.8 Å². The second kappa shape index (κ2) is 10.4. The summed E-state index contributed by atoms with van der Waals surface area (Å²) in [4.78, 5) is 28.5. The highest BCUT2D eigenvalue weighted by Crippen LogP contribution is 2.21. The molecule has 3 aromatic rings. The zero-order valence-electron chi connectivity index (χ0n) is 15.5. The van der Waals surface area contributed by atoms with Crippen LogP contribution in [0.15, 0.2) is 60.0 Å². The molecule has 0 aliphatic rings. The Bertz CT molecular complexity index is 965. The maximum atomic E-state index is 13.2. The first-order chi connectivity index (χ1) is 14.1. The van der Waals surface area contributed by atoms with Gasteiger partial charge in [-0.2, -0.15) is 5.10 Å². The van der Waals surface area contributed by atoms with Gasteiger partial charge in [0.2, 0.25) is 5.91 Å². The Hall–Kier alpha value is -3.20. The number of H-pyrrole nitrogens is 1. The number of benzene rings is 2. The monoisotopic (exact) mass is 413 g/mol. The second-order valence-electron chi connectivity index (χ2n) is 6.15. The Morgan fingerprint density at radius 3 is 2.69 bits per heavy atom. The molecule has 0 aliphatic heterocycles. The Labute approximate surface area is 171 Å². The molecular formula is C20H20FN5O2S. The van der Waals surface area contributed by atoms with Crippen molar-refractivity contribution in [3.63, 3.8) is 0 Å². The summed E-state index contributed by atoms with van der Waals surface area (Å²) in [6.07, 6.45) is 1.52. The molecule has 0 unspecified atom stereocenters. The minimum atomic E-state index is -0.372. The van der Waals surface area contributed by atoms with E-state index < -0.39 is 0 Å². The van der Waals surface area contributed by atoms with E-state index in [1.807, 2.05) is 12.1 Å². The van der Waals surface area contributed by atoms with Crippen molar-refractivity contribution in [2.24, 2.45) is 0 Å². The Kier molecular flexibility index (Phi) is 7.34. The summed E-state index contributed by atoms with van der Waals surface area (Å²) < 4.78 is 13.2. The Morgan fingerprint density at radius 2 is 1.90 bits per heavy atom. The maximum Gasteiger partial charge on any atom is 0.251 e. The summed E-state index contributed by atoms with van der Waals surface area (Å²) in [6.45, 7) is 0.576. The average molecular weight is 413 g/mol. The zero-order chi connectivity index (χ0) is 20.5. The summed E-state index contributed by atoms with van der Waals surface area (Å²) >= 11 is 1.45. The summed E-state index contributed by atoms with van der Waals surface area (Å²) in [5.74, 6) is -0.238. The molecule has 29 heavy (non-hydrogen) atoms. The molecule has 0 radical (unpaired) electrons. The lowest BCUT2D eigenvalue weighted by atomic mass is 10.1. The van der Waals surface area contributed by atoms with Crippen molar-refractivity contribution >= 4 is 23.6 Å². The van der Waals surface area contributed by atoms with Crippen LogP contribution in [-0.2, 0) is 17.0 Å². The lowest BCUT2D eigenvalue weighted by molar-refractivity contribution is -0.120.